The van der Waals surface area contributed by atoms with Gasteiger partial charge in [-0.15, -0.1) is 0 Å². The molecule has 0 aromatic heterocycles. The van der Waals surface area contributed by atoms with Gasteiger partial charge in [0.15, 0.2) is 0 Å². The Morgan fingerprint density at radius 3 is 2.50 bits per heavy atom. The SMILES string of the molecule is OCC(CN1CCCC1)c1ccccc1O. The highest BCUT2D eigenvalue weighted by molar-refractivity contribution is 5.35. The maximum atomic E-state index is 9.76. The van der Waals surface area contributed by atoms with Gasteiger partial charge < -0.3 is 15.1 Å². The molecule has 0 aliphatic carbocycles. The molecule has 1 unspecified atom stereocenters. The van der Waals surface area contributed by atoms with Crippen LogP contribution in [0.15, 0.2) is 24.3 Å². The fourth-order valence-corrected chi connectivity index (χ4v) is 2.36. The van der Waals surface area contributed by atoms with Crippen LogP contribution in [0.5, 0.6) is 5.75 Å². The summed E-state index contributed by atoms with van der Waals surface area (Å²) in [6.45, 7) is 3.16. The predicted molar refractivity (Wildman–Crippen MR) is 63.6 cm³/mol. The first-order valence-electron chi connectivity index (χ1n) is 5.92. The highest BCUT2D eigenvalue weighted by Crippen LogP contribution is 2.26. The molecule has 1 fully saturated rings. The van der Waals surface area contributed by atoms with Crippen LogP contribution in [-0.4, -0.2) is 41.4 Å². The summed E-state index contributed by atoms with van der Waals surface area (Å²) < 4.78 is 0. The van der Waals surface area contributed by atoms with Crippen molar-refractivity contribution in [1.29, 1.82) is 0 Å². The summed E-state index contributed by atoms with van der Waals surface area (Å²) in [7, 11) is 0. The molecule has 3 nitrogen and oxygen atoms in total. The van der Waals surface area contributed by atoms with Gasteiger partial charge in [-0.2, -0.15) is 0 Å². The summed E-state index contributed by atoms with van der Waals surface area (Å²) in [6, 6.07) is 7.29. The van der Waals surface area contributed by atoms with Crippen LogP contribution in [0.2, 0.25) is 0 Å². The quantitative estimate of drug-likeness (QED) is 0.811. The van der Waals surface area contributed by atoms with Crippen molar-refractivity contribution < 1.29 is 10.2 Å². The Morgan fingerprint density at radius 2 is 1.88 bits per heavy atom. The minimum Gasteiger partial charge on any atom is -0.508 e. The van der Waals surface area contributed by atoms with Gasteiger partial charge >= 0.3 is 0 Å². The van der Waals surface area contributed by atoms with Crippen molar-refractivity contribution in [3.8, 4) is 5.75 Å². The van der Waals surface area contributed by atoms with Crippen LogP contribution < -0.4 is 0 Å². The van der Waals surface area contributed by atoms with Gasteiger partial charge in [-0.25, -0.2) is 0 Å². The summed E-state index contributed by atoms with van der Waals surface area (Å²) in [4.78, 5) is 2.35. The topological polar surface area (TPSA) is 43.7 Å². The molecule has 0 bridgehead atoms. The number of phenols is 1. The number of benzene rings is 1. The number of aliphatic hydroxyl groups excluding tert-OH is 1. The number of likely N-dealkylation sites (tertiary alicyclic amines) is 1. The summed E-state index contributed by atoms with van der Waals surface area (Å²) in [5, 5.41) is 19.2. The predicted octanol–water partition coefficient (Wildman–Crippen LogP) is 1.56. The fourth-order valence-electron chi connectivity index (χ4n) is 2.36. The largest absolute Gasteiger partial charge is 0.508 e. The molecule has 1 aliphatic heterocycles. The van der Waals surface area contributed by atoms with Crippen molar-refractivity contribution in [1.82, 2.24) is 4.90 Å². The van der Waals surface area contributed by atoms with E-state index in [1.807, 2.05) is 18.2 Å². The Hall–Kier alpha value is -1.06. The summed E-state index contributed by atoms with van der Waals surface area (Å²) in [5.41, 5.74) is 0.858. The molecule has 3 heteroatoms. The third kappa shape index (κ3) is 2.54. The standard InChI is InChI=1S/C13H19NO2/c15-10-11(9-14-7-3-4-8-14)12-5-1-2-6-13(12)16/h1-2,5-6,11,15-16H,3-4,7-10H2. The molecular weight excluding hydrogens is 202 g/mol. The Morgan fingerprint density at radius 1 is 1.19 bits per heavy atom. The average Bonchev–Trinajstić information content (AvgIpc) is 2.80. The van der Waals surface area contributed by atoms with Crippen molar-refractivity contribution in [3.05, 3.63) is 29.8 Å². The third-order valence-electron chi connectivity index (χ3n) is 3.27. The summed E-state index contributed by atoms with van der Waals surface area (Å²) in [5.74, 6) is 0.319. The molecule has 1 aromatic rings. The van der Waals surface area contributed by atoms with Crippen LogP contribution in [0.25, 0.3) is 0 Å². The normalized spacial score (nSPS) is 18.8. The second-order valence-electron chi connectivity index (χ2n) is 4.45. The Kier molecular flexibility index (Phi) is 3.80. The van der Waals surface area contributed by atoms with Gasteiger partial charge in [-0.1, -0.05) is 18.2 Å². The number of nitrogens with zero attached hydrogens (tertiary/aromatic N) is 1. The Balaban J connectivity index is 2.06. The van der Waals surface area contributed by atoms with E-state index in [2.05, 4.69) is 4.90 Å². The highest BCUT2D eigenvalue weighted by Gasteiger charge is 2.20. The second kappa shape index (κ2) is 5.32. The summed E-state index contributed by atoms with van der Waals surface area (Å²) >= 11 is 0. The minimum atomic E-state index is 0.0271. The van der Waals surface area contributed by atoms with E-state index < -0.39 is 0 Å². The first-order chi connectivity index (χ1) is 7.81. The Labute approximate surface area is 96.3 Å². The zero-order valence-electron chi connectivity index (χ0n) is 9.47. The zero-order chi connectivity index (χ0) is 11.4. The molecule has 88 valence electrons. The third-order valence-corrected chi connectivity index (χ3v) is 3.27. The van der Waals surface area contributed by atoms with Crippen LogP contribution in [0, 0.1) is 0 Å². The lowest BCUT2D eigenvalue weighted by atomic mass is 9.98. The number of aliphatic hydroxyl groups is 1. The minimum absolute atomic E-state index is 0.0271. The van der Waals surface area contributed by atoms with E-state index in [1.165, 1.54) is 12.8 Å². The molecule has 1 saturated heterocycles. The molecule has 1 aromatic carbocycles. The second-order valence-corrected chi connectivity index (χ2v) is 4.45. The Bertz CT molecular complexity index is 334. The molecular formula is C13H19NO2. The number of para-hydroxylation sites is 1. The van der Waals surface area contributed by atoms with E-state index in [0.29, 0.717) is 5.75 Å². The smallest absolute Gasteiger partial charge is 0.119 e. The number of rotatable bonds is 4. The van der Waals surface area contributed by atoms with Crippen LogP contribution in [0.4, 0.5) is 0 Å². The first kappa shape index (κ1) is 11.4. The molecule has 0 saturated carbocycles. The molecule has 16 heavy (non-hydrogen) atoms. The van der Waals surface area contributed by atoms with Crippen LogP contribution in [-0.2, 0) is 0 Å². The maximum Gasteiger partial charge on any atom is 0.119 e. The first-order valence-corrected chi connectivity index (χ1v) is 5.92. The van der Waals surface area contributed by atoms with Crippen molar-refractivity contribution in [2.75, 3.05) is 26.2 Å². The van der Waals surface area contributed by atoms with Crippen LogP contribution in [0.1, 0.15) is 24.3 Å². The van der Waals surface area contributed by atoms with E-state index in [4.69, 9.17) is 0 Å². The summed E-state index contributed by atoms with van der Waals surface area (Å²) in [6.07, 6.45) is 2.50. The maximum absolute atomic E-state index is 9.76. The highest BCUT2D eigenvalue weighted by atomic mass is 16.3. The van der Waals surface area contributed by atoms with Crippen molar-refractivity contribution in [3.63, 3.8) is 0 Å². The van der Waals surface area contributed by atoms with Gasteiger partial charge in [0.25, 0.3) is 0 Å². The van der Waals surface area contributed by atoms with E-state index in [0.717, 1.165) is 25.2 Å². The van der Waals surface area contributed by atoms with Gasteiger partial charge in [-0.05, 0) is 32.0 Å². The molecule has 2 rings (SSSR count). The van der Waals surface area contributed by atoms with Crippen molar-refractivity contribution in [2.45, 2.75) is 18.8 Å². The van der Waals surface area contributed by atoms with E-state index in [1.54, 1.807) is 6.07 Å². The van der Waals surface area contributed by atoms with Crippen molar-refractivity contribution in [2.24, 2.45) is 0 Å². The van der Waals surface area contributed by atoms with Gasteiger partial charge in [0, 0.05) is 18.0 Å². The van der Waals surface area contributed by atoms with Gasteiger partial charge in [0.1, 0.15) is 5.75 Å². The lowest BCUT2D eigenvalue weighted by Crippen LogP contribution is -2.27. The van der Waals surface area contributed by atoms with E-state index in [9.17, 15) is 10.2 Å². The lowest BCUT2D eigenvalue weighted by Gasteiger charge is -2.22. The van der Waals surface area contributed by atoms with Crippen LogP contribution in [0.3, 0.4) is 0 Å². The number of phenolic OH excluding ortho intramolecular Hbond substituents is 1. The van der Waals surface area contributed by atoms with Crippen molar-refractivity contribution >= 4 is 0 Å². The molecule has 0 spiro atoms. The van der Waals surface area contributed by atoms with Gasteiger partial charge in [0.2, 0.25) is 0 Å². The molecule has 0 amide bonds. The number of hydrogen-bond acceptors (Lipinski definition) is 3. The molecule has 1 aliphatic rings. The fraction of sp³-hybridized carbons (Fsp3) is 0.538. The molecule has 1 atom stereocenters. The van der Waals surface area contributed by atoms with Gasteiger partial charge in [0.05, 0.1) is 6.61 Å². The zero-order valence-corrected chi connectivity index (χ0v) is 9.47. The van der Waals surface area contributed by atoms with Gasteiger partial charge in [-0.3, -0.25) is 0 Å². The number of aromatic hydroxyl groups is 1. The van der Waals surface area contributed by atoms with E-state index in [-0.39, 0.29) is 12.5 Å². The molecule has 0 radical (unpaired) electrons. The van der Waals surface area contributed by atoms with E-state index >= 15 is 0 Å². The molecule has 1 heterocycles. The van der Waals surface area contributed by atoms with Crippen LogP contribution >= 0.6 is 0 Å². The number of hydrogen-bond donors (Lipinski definition) is 2. The average molecular weight is 221 g/mol. The lowest BCUT2D eigenvalue weighted by molar-refractivity contribution is 0.218. The molecule has 2 N–H and O–H groups in total. The monoisotopic (exact) mass is 221 g/mol.